The molecule has 0 aromatic heterocycles. The van der Waals surface area contributed by atoms with E-state index in [4.69, 9.17) is 10.9 Å². The van der Waals surface area contributed by atoms with E-state index in [1.807, 2.05) is 4.90 Å². The molecule has 1 aromatic carbocycles. The van der Waals surface area contributed by atoms with Crippen LogP contribution in [0.25, 0.3) is 0 Å². The van der Waals surface area contributed by atoms with E-state index >= 15 is 0 Å². The Hall–Kier alpha value is -1.21. The zero-order chi connectivity index (χ0) is 15.4. The summed E-state index contributed by atoms with van der Waals surface area (Å²) in [5.74, 6) is -1.14. The molecule has 0 heterocycles. The molecule has 0 atom stereocenters. The van der Waals surface area contributed by atoms with E-state index < -0.39 is 11.6 Å². The molecular weight excluding hydrogens is 344 g/mol. The summed E-state index contributed by atoms with van der Waals surface area (Å²) in [5, 5.41) is 11.7. The average molecular weight is 362 g/mol. The first-order valence-corrected chi connectivity index (χ1v) is 7.65. The van der Waals surface area contributed by atoms with Crippen molar-refractivity contribution in [1.82, 2.24) is 4.90 Å². The van der Waals surface area contributed by atoms with Gasteiger partial charge < -0.3 is 10.9 Å². The van der Waals surface area contributed by atoms with Crippen molar-refractivity contribution in [1.29, 1.82) is 0 Å². The topological polar surface area (TPSA) is 61.8 Å². The number of hydrogen-bond donors (Lipinski definition) is 2. The molecule has 0 bridgehead atoms. The third-order valence-corrected chi connectivity index (χ3v) is 4.45. The molecule has 1 saturated carbocycles. The van der Waals surface area contributed by atoms with Crippen molar-refractivity contribution in [3.63, 3.8) is 0 Å². The molecule has 7 heteroatoms. The van der Waals surface area contributed by atoms with Gasteiger partial charge in [0.25, 0.3) is 0 Å². The molecule has 0 amide bonds. The third kappa shape index (κ3) is 3.91. The molecule has 1 fully saturated rings. The molecule has 1 aliphatic carbocycles. The molecule has 4 nitrogen and oxygen atoms in total. The van der Waals surface area contributed by atoms with Crippen LogP contribution in [0.5, 0.6) is 0 Å². The van der Waals surface area contributed by atoms with Crippen LogP contribution in [0.3, 0.4) is 0 Å². The zero-order valence-corrected chi connectivity index (χ0v) is 13.1. The lowest BCUT2D eigenvalue weighted by atomic mass is 10.1. The molecular formula is C14H18BrF2N3O. The number of benzene rings is 1. The number of hydrogen-bond acceptors (Lipinski definition) is 3. The summed E-state index contributed by atoms with van der Waals surface area (Å²) >= 11 is 3.07. The molecule has 0 spiro atoms. The van der Waals surface area contributed by atoms with Crippen LogP contribution >= 0.6 is 15.9 Å². The predicted molar refractivity (Wildman–Crippen MR) is 80.1 cm³/mol. The first-order valence-electron chi connectivity index (χ1n) is 6.85. The van der Waals surface area contributed by atoms with Gasteiger partial charge in [-0.2, -0.15) is 0 Å². The predicted octanol–water partition coefficient (Wildman–Crippen LogP) is 3.22. The van der Waals surface area contributed by atoms with E-state index in [-0.39, 0.29) is 35.0 Å². The molecule has 1 aliphatic rings. The van der Waals surface area contributed by atoms with Gasteiger partial charge in [0.2, 0.25) is 0 Å². The maximum absolute atomic E-state index is 14.1. The van der Waals surface area contributed by atoms with E-state index in [0.29, 0.717) is 0 Å². The van der Waals surface area contributed by atoms with E-state index in [0.717, 1.165) is 25.7 Å². The number of oxime groups is 1. The van der Waals surface area contributed by atoms with Gasteiger partial charge in [-0.3, -0.25) is 4.90 Å². The van der Waals surface area contributed by atoms with E-state index in [1.54, 1.807) is 0 Å². The SMILES string of the molecule is N/C(CN(Cc1c(F)ccc(Br)c1F)C1CCCC1)=N/O. The summed E-state index contributed by atoms with van der Waals surface area (Å²) in [7, 11) is 0. The molecule has 21 heavy (non-hydrogen) atoms. The molecule has 0 saturated heterocycles. The fraction of sp³-hybridized carbons (Fsp3) is 0.500. The number of halogens is 3. The van der Waals surface area contributed by atoms with Crippen molar-refractivity contribution in [3.05, 3.63) is 33.8 Å². The third-order valence-electron chi connectivity index (χ3n) is 3.83. The van der Waals surface area contributed by atoms with E-state index in [9.17, 15) is 8.78 Å². The summed E-state index contributed by atoms with van der Waals surface area (Å²) in [4.78, 5) is 1.87. The number of nitrogens with zero attached hydrogens (tertiary/aromatic N) is 2. The van der Waals surface area contributed by atoms with Crippen LogP contribution in [0.4, 0.5) is 8.78 Å². The zero-order valence-electron chi connectivity index (χ0n) is 11.5. The van der Waals surface area contributed by atoms with Gasteiger partial charge in [-0.15, -0.1) is 0 Å². The van der Waals surface area contributed by atoms with Gasteiger partial charge in [-0.25, -0.2) is 8.78 Å². The molecule has 116 valence electrons. The number of nitrogens with two attached hydrogens (primary N) is 1. The normalized spacial score (nSPS) is 16.9. The smallest absolute Gasteiger partial charge is 0.153 e. The van der Waals surface area contributed by atoms with Crippen LogP contribution in [0.2, 0.25) is 0 Å². The minimum absolute atomic E-state index is 0.00187. The summed E-state index contributed by atoms with van der Waals surface area (Å²) < 4.78 is 28.2. The first-order chi connectivity index (χ1) is 10.0. The summed E-state index contributed by atoms with van der Waals surface area (Å²) in [6.07, 6.45) is 4.08. The highest BCUT2D eigenvalue weighted by Crippen LogP contribution is 2.28. The molecule has 0 unspecified atom stereocenters. The average Bonchev–Trinajstić information content (AvgIpc) is 3.00. The maximum atomic E-state index is 14.1. The molecule has 0 radical (unpaired) electrons. The highest BCUT2D eigenvalue weighted by molar-refractivity contribution is 9.10. The van der Waals surface area contributed by atoms with Gasteiger partial charge in [-0.1, -0.05) is 18.0 Å². The fourth-order valence-electron chi connectivity index (χ4n) is 2.74. The lowest BCUT2D eigenvalue weighted by molar-refractivity contribution is 0.208. The van der Waals surface area contributed by atoms with Gasteiger partial charge in [-0.05, 0) is 40.9 Å². The van der Waals surface area contributed by atoms with Crippen LogP contribution in [0.1, 0.15) is 31.2 Å². The Bertz CT molecular complexity index is 533. The molecule has 3 N–H and O–H groups in total. The lowest BCUT2D eigenvalue weighted by Gasteiger charge is -2.28. The highest BCUT2D eigenvalue weighted by Gasteiger charge is 2.26. The molecule has 1 aromatic rings. The van der Waals surface area contributed by atoms with E-state index in [2.05, 4.69) is 21.1 Å². The minimum atomic E-state index is -0.600. The summed E-state index contributed by atoms with van der Waals surface area (Å²) in [6.45, 7) is 0.282. The Morgan fingerprint density at radius 3 is 2.67 bits per heavy atom. The lowest BCUT2D eigenvalue weighted by Crippen LogP contribution is -2.40. The van der Waals surface area contributed by atoms with Gasteiger partial charge in [0, 0.05) is 18.2 Å². The second-order valence-electron chi connectivity index (χ2n) is 5.26. The van der Waals surface area contributed by atoms with Gasteiger partial charge in [0.1, 0.15) is 11.6 Å². The Balaban J connectivity index is 2.24. The standard InChI is InChI=1S/C14H18BrF2N3O/c15-11-5-6-12(16)10(14(11)17)7-20(8-13(18)19-21)9-3-1-2-4-9/h5-6,9,21H,1-4,7-8H2,(H2,18,19). The fourth-order valence-corrected chi connectivity index (χ4v) is 3.11. The number of rotatable bonds is 5. The van der Waals surface area contributed by atoms with Crippen LogP contribution in [0.15, 0.2) is 21.8 Å². The Morgan fingerprint density at radius 1 is 1.38 bits per heavy atom. The first kappa shape index (κ1) is 16.2. The number of amidine groups is 1. The Kier molecular flexibility index (Phi) is 5.52. The Morgan fingerprint density at radius 2 is 2.05 bits per heavy atom. The van der Waals surface area contributed by atoms with Crippen LogP contribution in [-0.4, -0.2) is 28.5 Å². The second-order valence-corrected chi connectivity index (χ2v) is 6.11. The van der Waals surface area contributed by atoms with Crippen LogP contribution in [0, 0.1) is 11.6 Å². The quantitative estimate of drug-likeness (QED) is 0.278. The maximum Gasteiger partial charge on any atom is 0.153 e. The van der Waals surface area contributed by atoms with Crippen molar-refractivity contribution < 1.29 is 14.0 Å². The van der Waals surface area contributed by atoms with Crippen molar-refractivity contribution in [2.24, 2.45) is 10.9 Å². The summed E-state index contributed by atoms with van der Waals surface area (Å²) in [5.41, 5.74) is 5.56. The van der Waals surface area contributed by atoms with Gasteiger partial charge >= 0.3 is 0 Å². The molecule has 2 rings (SSSR count). The second kappa shape index (κ2) is 7.17. The van der Waals surface area contributed by atoms with Crippen LogP contribution in [-0.2, 0) is 6.54 Å². The Labute approximate surface area is 130 Å². The van der Waals surface area contributed by atoms with Gasteiger partial charge in [0.15, 0.2) is 5.84 Å². The van der Waals surface area contributed by atoms with Crippen molar-refractivity contribution in [3.8, 4) is 0 Å². The monoisotopic (exact) mass is 361 g/mol. The minimum Gasteiger partial charge on any atom is -0.409 e. The van der Waals surface area contributed by atoms with E-state index in [1.165, 1.54) is 12.1 Å². The van der Waals surface area contributed by atoms with Gasteiger partial charge in [0.05, 0.1) is 11.0 Å². The highest BCUT2D eigenvalue weighted by atomic mass is 79.9. The van der Waals surface area contributed by atoms with Crippen molar-refractivity contribution in [2.45, 2.75) is 38.3 Å². The van der Waals surface area contributed by atoms with Crippen molar-refractivity contribution in [2.75, 3.05) is 6.54 Å². The largest absolute Gasteiger partial charge is 0.409 e. The summed E-state index contributed by atoms with van der Waals surface area (Å²) in [6, 6.07) is 2.78. The van der Waals surface area contributed by atoms with Crippen molar-refractivity contribution >= 4 is 21.8 Å². The molecule has 0 aliphatic heterocycles. The van der Waals surface area contributed by atoms with Crippen LogP contribution < -0.4 is 5.73 Å².